The number of hydrogen-bond donors (Lipinski definition) is 1. The second-order valence-electron chi connectivity index (χ2n) is 7.44. The lowest BCUT2D eigenvalue weighted by atomic mass is 9.95. The Bertz CT molecular complexity index is 653. The molecule has 0 bridgehead atoms. The smallest absolute Gasteiger partial charge is 0.163 e. The Labute approximate surface area is 139 Å². The molecular weight excluding hydrogens is 288 g/mol. The van der Waals surface area contributed by atoms with Crippen molar-refractivity contribution in [3.05, 3.63) is 12.0 Å². The molecule has 0 amide bonds. The quantitative estimate of drug-likeness (QED) is 0.887. The van der Waals surface area contributed by atoms with E-state index in [1.165, 1.54) is 6.42 Å². The summed E-state index contributed by atoms with van der Waals surface area (Å²) in [5.41, 5.74) is 0.781. The molecule has 0 aliphatic carbocycles. The van der Waals surface area contributed by atoms with Crippen LogP contribution >= 0.6 is 0 Å². The van der Waals surface area contributed by atoms with E-state index in [9.17, 15) is 0 Å². The lowest BCUT2D eigenvalue weighted by molar-refractivity contribution is 0.288. The van der Waals surface area contributed by atoms with Gasteiger partial charge in [-0.3, -0.25) is 4.68 Å². The van der Waals surface area contributed by atoms with Crippen molar-refractivity contribution < 1.29 is 0 Å². The molecule has 0 saturated heterocycles. The molecule has 23 heavy (non-hydrogen) atoms. The monoisotopic (exact) mass is 318 g/mol. The zero-order chi connectivity index (χ0) is 17.2. The van der Waals surface area contributed by atoms with Gasteiger partial charge < -0.3 is 10.2 Å². The first-order valence-electron chi connectivity index (χ1n) is 8.34. The summed E-state index contributed by atoms with van der Waals surface area (Å²) >= 11 is 0. The van der Waals surface area contributed by atoms with Crippen LogP contribution in [0.1, 0.15) is 46.4 Å². The van der Waals surface area contributed by atoms with E-state index < -0.39 is 0 Å². The molecule has 0 spiro atoms. The molecule has 2 aromatic heterocycles. The normalized spacial score (nSPS) is 13.7. The maximum atomic E-state index is 4.78. The van der Waals surface area contributed by atoms with Crippen molar-refractivity contribution in [2.24, 2.45) is 7.05 Å². The van der Waals surface area contributed by atoms with Gasteiger partial charge in [0.25, 0.3) is 0 Å². The lowest BCUT2D eigenvalue weighted by Gasteiger charge is -2.25. The van der Waals surface area contributed by atoms with Crippen LogP contribution in [0.4, 0.5) is 5.82 Å². The summed E-state index contributed by atoms with van der Waals surface area (Å²) in [6.45, 7) is 9.49. The van der Waals surface area contributed by atoms with Gasteiger partial charge in [0.05, 0.1) is 11.6 Å². The van der Waals surface area contributed by atoms with Crippen molar-refractivity contribution in [2.75, 3.05) is 26.0 Å². The van der Waals surface area contributed by atoms with Gasteiger partial charge in [-0.05, 0) is 20.5 Å². The molecule has 0 radical (unpaired) electrons. The van der Waals surface area contributed by atoms with Crippen LogP contribution in [-0.4, -0.2) is 51.3 Å². The fourth-order valence-corrected chi connectivity index (χ4v) is 2.58. The summed E-state index contributed by atoms with van der Waals surface area (Å²) in [5, 5.41) is 8.86. The standard InChI is InChI=1S/C17H30N6/c1-8-9-12(22(5)6)10-18-14-13-11-19-23(7)15(13)21-16(20-14)17(2,3)4/h11-12H,8-10H2,1-7H3,(H,18,20,21). The number of nitrogens with zero attached hydrogens (tertiary/aromatic N) is 5. The van der Waals surface area contributed by atoms with Crippen LogP contribution in [-0.2, 0) is 12.5 Å². The molecule has 1 unspecified atom stereocenters. The van der Waals surface area contributed by atoms with Crippen LogP contribution in [0, 0.1) is 0 Å². The summed E-state index contributed by atoms with van der Waals surface area (Å²) in [4.78, 5) is 11.8. The summed E-state index contributed by atoms with van der Waals surface area (Å²) in [7, 11) is 6.18. The first-order valence-corrected chi connectivity index (χ1v) is 8.34. The van der Waals surface area contributed by atoms with Gasteiger partial charge in [0.2, 0.25) is 0 Å². The highest BCUT2D eigenvalue weighted by molar-refractivity contribution is 5.86. The fourth-order valence-electron chi connectivity index (χ4n) is 2.58. The summed E-state index contributed by atoms with van der Waals surface area (Å²) < 4.78 is 1.81. The minimum atomic E-state index is -0.0980. The minimum absolute atomic E-state index is 0.0980. The molecule has 2 rings (SSSR count). The molecule has 6 heteroatoms. The molecule has 0 aliphatic rings. The summed E-state index contributed by atoms with van der Waals surface area (Å²) in [5.74, 6) is 1.73. The van der Waals surface area contributed by atoms with Crippen LogP contribution in [0.2, 0.25) is 0 Å². The molecule has 0 fully saturated rings. The second kappa shape index (κ2) is 6.83. The van der Waals surface area contributed by atoms with Gasteiger partial charge >= 0.3 is 0 Å². The number of hydrogen-bond acceptors (Lipinski definition) is 5. The van der Waals surface area contributed by atoms with Crippen LogP contribution in [0.3, 0.4) is 0 Å². The Kier molecular flexibility index (Phi) is 5.24. The highest BCUT2D eigenvalue weighted by Gasteiger charge is 2.21. The van der Waals surface area contributed by atoms with E-state index in [-0.39, 0.29) is 5.41 Å². The summed E-state index contributed by atoms with van der Waals surface area (Å²) in [6, 6.07) is 0.486. The number of aryl methyl sites for hydroxylation is 1. The number of likely N-dealkylation sites (N-methyl/N-ethyl adjacent to an activating group) is 1. The van der Waals surface area contributed by atoms with E-state index in [0.717, 1.165) is 35.6 Å². The second-order valence-corrected chi connectivity index (χ2v) is 7.44. The largest absolute Gasteiger partial charge is 0.368 e. The fraction of sp³-hybridized carbons (Fsp3) is 0.706. The van der Waals surface area contributed by atoms with Gasteiger partial charge in [0, 0.05) is 25.0 Å². The Hall–Kier alpha value is -1.69. The maximum Gasteiger partial charge on any atom is 0.163 e. The third-order valence-electron chi connectivity index (χ3n) is 4.12. The lowest BCUT2D eigenvalue weighted by Crippen LogP contribution is -2.34. The van der Waals surface area contributed by atoms with E-state index >= 15 is 0 Å². The van der Waals surface area contributed by atoms with Crippen LogP contribution < -0.4 is 5.32 Å². The van der Waals surface area contributed by atoms with E-state index in [1.807, 2.05) is 17.9 Å². The zero-order valence-corrected chi connectivity index (χ0v) is 15.5. The number of rotatable bonds is 6. The van der Waals surface area contributed by atoms with Gasteiger partial charge in [-0.25, -0.2) is 9.97 Å². The SMILES string of the molecule is CCCC(CNc1nc(C(C)(C)C)nc2c1cnn2C)N(C)C. The molecule has 1 atom stereocenters. The van der Waals surface area contributed by atoms with E-state index in [2.05, 4.69) is 57.1 Å². The third kappa shape index (κ3) is 3.99. The molecule has 0 saturated carbocycles. The Morgan fingerprint density at radius 3 is 2.52 bits per heavy atom. The molecule has 6 nitrogen and oxygen atoms in total. The van der Waals surface area contributed by atoms with Gasteiger partial charge in [-0.1, -0.05) is 34.1 Å². The van der Waals surface area contributed by atoms with Gasteiger partial charge in [-0.2, -0.15) is 5.10 Å². The Morgan fingerprint density at radius 2 is 1.96 bits per heavy atom. The number of fused-ring (bicyclic) bond motifs is 1. The zero-order valence-electron chi connectivity index (χ0n) is 15.5. The molecule has 0 aliphatic heterocycles. The molecule has 2 aromatic rings. The average Bonchev–Trinajstić information content (AvgIpc) is 2.83. The van der Waals surface area contributed by atoms with Crippen molar-refractivity contribution in [3.63, 3.8) is 0 Å². The van der Waals surface area contributed by atoms with E-state index in [0.29, 0.717) is 6.04 Å². The third-order valence-corrected chi connectivity index (χ3v) is 4.12. The van der Waals surface area contributed by atoms with Gasteiger partial charge in [-0.15, -0.1) is 0 Å². The van der Waals surface area contributed by atoms with Gasteiger partial charge in [0.1, 0.15) is 11.6 Å². The molecule has 1 N–H and O–H groups in total. The van der Waals surface area contributed by atoms with Crippen LogP contribution in [0.25, 0.3) is 11.0 Å². The molecular formula is C17H30N6. The number of anilines is 1. The Balaban J connectivity index is 2.35. The van der Waals surface area contributed by atoms with Crippen LogP contribution in [0.5, 0.6) is 0 Å². The van der Waals surface area contributed by atoms with Crippen LogP contribution in [0.15, 0.2) is 6.20 Å². The van der Waals surface area contributed by atoms with E-state index in [1.54, 1.807) is 0 Å². The van der Waals surface area contributed by atoms with Crippen molar-refractivity contribution in [1.29, 1.82) is 0 Å². The van der Waals surface area contributed by atoms with Crippen molar-refractivity contribution >= 4 is 16.9 Å². The maximum absolute atomic E-state index is 4.78. The predicted octanol–water partition coefficient (Wildman–Crippen LogP) is 2.80. The minimum Gasteiger partial charge on any atom is -0.368 e. The first kappa shape index (κ1) is 17.7. The first-order chi connectivity index (χ1) is 10.7. The molecule has 0 aromatic carbocycles. The molecule has 2 heterocycles. The number of aromatic nitrogens is 4. The Morgan fingerprint density at radius 1 is 1.26 bits per heavy atom. The van der Waals surface area contributed by atoms with Crippen molar-refractivity contribution in [3.8, 4) is 0 Å². The number of nitrogens with one attached hydrogen (secondary N) is 1. The molecule has 128 valence electrons. The van der Waals surface area contributed by atoms with E-state index in [4.69, 9.17) is 9.97 Å². The highest BCUT2D eigenvalue weighted by atomic mass is 15.3. The van der Waals surface area contributed by atoms with Crippen molar-refractivity contribution in [1.82, 2.24) is 24.6 Å². The predicted molar refractivity (Wildman–Crippen MR) is 95.9 cm³/mol. The highest BCUT2D eigenvalue weighted by Crippen LogP contribution is 2.25. The average molecular weight is 318 g/mol. The van der Waals surface area contributed by atoms with Crippen molar-refractivity contribution in [2.45, 2.75) is 52.0 Å². The van der Waals surface area contributed by atoms with Gasteiger partial charge in [0.15, 0.2) is 5.65 Å². The topological polar surface area (TPSA) is 58.9 Å². The summed E-state index contributed by atoms with van der Waals surface area (Å²) in [6.07, 6.45) is 4.17.